The summed E-state index contributed by atoms with van der Waals surface area (Å²) in [5.41, 5.74) is 2.64. The highest BCUT2D eigenvalue weighted by Crippen LogP contribution is 2.37. The molecule has 0 fully saturated rings. The van der Waals surface area contributed by atoms with Gasteiger partial charge in [0.25, 0.3) is 0 Å². The number of rotatable bonds is 2. The van der Waals surface area contributed by atoms with Gasteiger partial charge in [-0.1, -0.05) is 36.4 Å². The Morgan fingerprint density at radius 2 is 1.59 bits per heavy atom. The molecule has 0 saturated carbocycles. The molecule has 0 unspecified atom stereocenters. The third-order valence-corrected chi connectivity index (χ3v) is 3.66. The number of allylic oxidation sites excluding steroid dienone is 3. The average Bonchev–Trinajstić information content (AvgIpc) is 2.47. The van der Waals surface area contributed by atoms with Gasteiger partial charge in [-0.3, -0.25) is 0 Å². The summed E-state index contributed by atoms with van der Waals surface area (Å²) in [5.74, 6) is -2.71. The second-order valence-electron chi connectivity index (χ2n) is 5.11. The van der Waals surface area contributed by atoms with E-state index in [4.69, 9.17) is 0 Å². The summed E-state index contributed by atoms with van der Waals surface area (Å²) in [6, 6.07) is 10.8. The van der Waals surface area contributed by atoms with Crippen LogP contribution in [0.15, 0.2) is 54.2 Å². The predicted octanol–water partition coefficient (Wildman–Crippen LogP) is 4.52. The van der Waals surface area contributed by atoms with E-state index in [2.05, 4.69) is 5.32 Å². The van der Waals surface area contributed by atoms with Crippen LogP contribution in [0, 0.1) is 17.5 Å². The molecule has 0 bridgehead atoms. The molecule has 0 aromatic heterocycles. The Kier molecular flexibility index (Phi) is 3.75. The molecule has 0 amide bonds. The van der Waals surface area contributed by atoms with E-state index < -0.39 is 17.5 Å². The summed E-state index contributed by atoms with van der Waals surface area (Å²) in [7, 11) is 0. The van der Waals surface area contributed by atoms with Gasteiger partial charge in [-0.25, -0.2) is 13.2 Å². The van der Waals surface area contributed by atoms with Gasteiger partial charge in [0.2, 0.25) is 0 Å². The largest absolute Gasteiger partial charge is 0.385 e. The summed E-state index contributed by atoms with van der Waals surface area (Å²) in [6.45, 7) is 2.32. The third-order valence-electron chi connectivity index (χ3n) is 3.66. The summed E-state index contributed by atoms with van der Waals surface area (Å²) in [5, 5.41) is 3.16. The van der Waals surface area contributed by atoms with Crippen molar-refractivity contribution in [1.82, 2.24) is 5.32 Å². The zero-order chi connectivity index (χ0) is 15.7. The Hall–Kier alpha value is -2.49. The fraction of sp³-hybridized carbons (Fsp3) is 0.111. The van der Waals surface area contributed by atoms with Crippen molar-refractivity contribution in [2.24, 2.45) is 0 Å². The van der Waals surface area contributed by atoms with Crippen molar-refractivity contribution in [2.75, 3.05) is 6.54 Å². The first-order valence-corrected chi connectivity index (χ1v) is 6.93. The quantitative estimate of drug-likeness (QED) is 0.860. The summed E-state index contributed by atoms with van der Waals surface area (Å²) < 4.78 is 41.4. The lowest BCUT2D eigenvalue weighted by atomic mass is 9.88. The molecule has 0 aliphatic carbocycles. The second kappa shape index (κ2) is 5.72. The van der Waals surface area contributed by atoms with Gasteiger partial charge in [0.05, 0.1) is 5.56 Å². The first-order chi connectivity index (χ1) is 10.6. The third kappa shape index (κ3) is 2.52. The molecule has 1 aliphatic rings. The second-order valence-corrected chi connectivity index (χ2v) is 5.11. The molecule has 1 aliphatic heterocycles. The number of benzene rings is 2. The maximum Gasteiger partial charge on any atom is 0.136 e. The fourth-order valence-corrected chi connectivity index (χ4v) is 2.70. The molecule has 1 nitrogen and oxygen atoms in total. The number of hydrogen-bond donors (Lipinski definition) is 1. The Bertz CT molecular complexity index is 753. The van der Waals surface area contributed by atoms with Gasteiger partial charge in [0.15, 0.2) is 0 Å². The van der Waals surface area contributed by atoms with Gasteiger partial charge in [-0.05, 0) is 18.1 Å². The van der Waals surface area contributed by atoms with E-state index in [0.29, 0.717) is 24.3 Å². The predicted molar refractivity (Wildman–Crippen MR) is 81.3 cm³/mol. The molecular weight excluding hydrogens is 287 g/mol. The Balaban J connectivity index is 2.20. The monoisotopic (exact) mass is 301 g/mol. The summed E-state index contributed by atoms with van der Waals surface area (Å²) in [6.07, 6.45) is 1.72. The van der Waals surface area contributed by atoms with E-state index in [9.17, 15) is 13.2 Å². The van der Waals surface area contributed by atoms with Gasteiger partial charge >= 0.3 is 0 Å². The first kappa shape index (κ1) is 14.4. The van der Waals surface area contributed by atoms with E-state index in [0.717, 1.165) is 16.8 Å². The molecule has 1 N–H and O–H groups in total. The highest BCUT2D eigenvalue weighted by atomic mass is 19.1. The van der Waals surface area contributed by atoms with Crippen LogP contribution in [0.3, 0.4) is 0 Å². The highest BCUT2D eigenvalue weighted by molar-refractivity contribution is 6.06. The van der Waals surface area contributed by atoms with Gasteiger partial charge in [-0.2, -0.15) is 0 Å². The average molecular weight is 301 g/mol. The summed E-state index contributed by atoms with van der Waals surface area (Å²) >= 11 is 0. The van der Waals surface area contributed by atoms with Crippen molar-refractivity contribution >= 4 is 11.1 Å². The number of hydrogen-bond acceptors (Lipinski definition) is 1. The van der Waals surface area contributed by atoms with Crippen LogP contribution in [0.4, 0.5) is 13.2 Å². The molecule has 1 heterocycles. The van der Waals surface area contributed by atoms with Crippen LogP contribution in [0.1, 0.15) is 18.1 Å². The molecule has 0 atom stereocenters. The van der Waals surface area contributed by atoms with Crippen molar-refractivity contribution in [3.8, 4) is 0 Å². The molecule has 0 spiro atoms. The zero-order valence-electron chi connectivity index (χ0n) is 12.0. The Morgan fingerprint density at radius 1 is 0.955 bits per heavy atom. The zero-order valence-corrected chi connectivity index (χ0v) is 12.0. The van der Waals surface area contributed by atoms with E-state index in [1.54, 1.807) is 6.08 Å². The van der Waals surface area contributed by atoms with Crippen molar-refractivity contribution < 1.29 is 13.2 Å². The van der Waals surface area contributed by atoms with Crippen LogP contribution in [0.2, 0.25) is 0 Å². The molecule has 0 radical (unpaired) electrons. The van der Waals surface area contributed by atoms with Crippen molar-refractivity contribution in [2.45, 2.75) is 6.92 Å². The van der Waals surface area contributed by atoms with Crippen molar-refractivity contribution in [1.29, 1.82) is 0 Å². The lowest BCUT2D eigenvalue weighted by molar-refractivity contribution is 0.539. The van der Waals surface area contributed by atoms with Gasteiger partial charge < -0.3 is 5.32 Å². The standard InChI is InChI=1S/C18H14F3N/c1-11-17(12-5-3-2-4-6-12)14(7-8-22-11)18-15(20)9-13(19)10-16(18)21/h2-7,9-10,22H,8H2,1H3. The highest BCUT2D eigenvalue weighted by Gasteiger charge is 2.23. The van der Waals surface area contributed by atoms with Crippen LogP contribution >= 0.6 is 0 Å². The van der Waals surface area contributed by atoms with Crippen LogP contribution in [0.25, 0.3) is 11.1 Å². The van der Waals surface area contributed by atoms with Crippen LogP contribution in [0.5, 0.6) is 0 Å². The van der Waals surface area contributed by atoms with Crippen LogP contribution in [-0.4, -0.2) is 6.54 Å². The Labute approximate surface area is 126 Å². The molecule has 0 saturated heterocycles. The van der Waals surface area contributed by atoms with Gasteiger partial charge in [0.1, 0.15) is 17.5 Å². The Morgan fingerprint density at radius 3 is 2.23 bits per heavy atom. The minimum Gasteiger partial charge on any atom is -0.385 e. The number of halogens is 3. The molecule has 2 aromatic rings. The van der Waals surface area contributed by atoms with Crippen molar-refractivity contribution in [3.63, 3.8) is 0 Å². The molecular formula is C18H14F3N. The molecule has 4 heteroatoms. The van der Waals surface area contributed by atoms with E-state index in [1.807, 2.05) is 37.3 Å². The van der Waals surface area contributed by atoms with Crippen molar-refractivity contribution in [3.05, 3.63) is 82.8 Å². The van der Waals surface area contributed by atoms with Gasteiger partial charge in [-0.15, -0.1) is 0 Å². The van der Waals surface area contributed by atoms with Crippen LogP contribution < -0.4 is 5.32 Å². The summed E-state index contributed by atoms with van der Waals surface area (Å²) in [4.78, 5) is 0. The fourth-order valence-electron chi connectivity index (χ4n) is 2.70. The van der Waals surface area contributed by atoms with Gasteiger partial charge in [0, 0.05) is 29.9 Å². The van der Waals surface area contributed by atoms with E-state index in [1.165, 1.54) is 0 Å². The number of dihydropyridines is 1. The smallest absolute Gasteiger partial charge is 0.136 e. The van der Waals surface area contributed by atoms with E-state index >= 15 is 0 Å². The normalized spacial score (nSPS) is 14.6. The molecule has 22 heavy (non-hydrogen) atoms. The minimum atomic E-state index is -0.921. The topological polar surface area (TPSA) is 12.0 Å². The lowest BCUT2D eigenvalue weighted by Crippen LogP contribution is -2.19. The maximum absolute atomic E-state index is 14.1. The van der Waals surface area contributed by atoms with Crippen LogP contribution in [-0.2, 0) is 0 Å². The first-order valence-electron chi connectivity index (χ1n) is 6.93. The number of nitrogens with one attached hydrogen (secondary N) is 1. The maximum atomic E-state index is 14.1. The molecule has 112 valence electrons. The molecule has 3 rings (SSSR count). The van der Waals surface area contributed by atoms with E-state index in [-0.39, 0.29) is 5.56 Å². The molecule has 2 aromatic carbocycles. The SMILES string of the molecule is CC1=C(c2ccccc2)C(c2c(F)cc(F)cc2F)=CCN1. The minimum absolute atomic E-state index is 0.193. The lowest BCUT2D eigenvalue weighted by Gasteiger charge is -2.23.